The molecule has 5 heteroatoms. The van der Waals surface area contributed by atoms with Crippen molar-refractivity contribution < 1.29 is 9.59 Å². The van der Waals surface area contributed by atoms with Crippen molar-refractivity contribution in [1.82, 2.24) is 0 Å². The molecule has 142 valence electrons. The van der Waals surface area contributed by atoms with Crippen LogP contribution >= 0.6 is 11.8 Å². The molecule has 0 aliphatic heterocycles. The van der Waals surface area contributed by atoms with Gasteiger partial charge >= 0.3 is 0 Å². The minimum atomic E-state index is -0.200. The predicted molar refractivity (Wildman–Crippen MR) is 116 cm³/mol. The molecule has 0 saturated carbocycles. The van der Waals surface area contributed by atoms with Gasteiger partial charge in [0.1, 0.15) is 0 Å². The third kappa shape index (κ3) is 5.24. The normalized spacial score (nSPS) is 10.4. The van der Waals surface area contributed by atoms with E-state index in [9.17, 15) is 9.59 Å². The van der Waals surface area contributed by atoms with Gasteiger partial charge in [-0.05, 0) is 55.8 Å². The molecular formula is C23H22N2O2S. The summed E-state index contributed by atoms with van der Waals surface area (Å²) >= 11 is 1.48. The van der Waals surface area contributed by atoms with E-state index in [-0.39, 0.29) is 11.8 Å². The van der Waals surface area contributed by atoms with Gasteiger partial charge in [-0.1, -0.05) is 42.0 Å². The van der Waals surface area contributed by atoms with Crippen LogP contribution in [0.1, 0.15) is 21.5 Å². The van der Waals surface area contributed by atoms with Crippen molar-refractivity contribution in [2.75, 3.05) is 16.4 Å². The van der Waals surface area contributed by atoms with Crippen molar-refractivity contribution in [3.63, 3.8) is 0 Å². The molecule has 28 heavy (non-hydrogen) atoms. The third-order valence-corrected chi connectivity index (χ3v) is 5.29. The Labute approximate surface area is 169 Å². The maximum Gasteiger partial charge on any atom is 0.256 e. The lowest BCUT2D eigenvalue weighted by Gasteiger charge is -2.13. The molecule has 0 aliphatic carbocycles. The zero-order chi connectivity index (χ0) is 19.9. The van der Waals surface area contributed by atoms with Crippen LogP contribution in [0.15, 0.2) is 77.7 Å². The first-order valence-corrected chi connectivity index (χ1v) is 9.97. The lowest BCUT2D eigenvalue weighted by molar-refractivity contribution is -0.113. The summed E-state index contributed by atoms with van der Waals surface area (Å²) in [6, 6.07) is 22.7. The van der Waals surface area contributed by atoms with E-state index >= 15 is 0 Å². The molecule has 2 amide bonds. The molecule has 0 atom stereocenters. The van der Waals surface area contributed by atoms with Crippen LogP contribution in [0, 0.1) is 13.8 Å². The molecule has 3 rings (SSSR count). The molecule has 2 N–H and O–H groups in total. The van der Waals surface area contributed by atoms with Gasteiger partial charge in [0.15, 0.2) is 0 Å². The molecular weight excluding hydrogens is 368 g/mol. The van der Waals surface area contributed by atoms with E-state index in [2.05, 4.69) is 10.6 Å². The summed E-state index contributed by atoms with van der Waals surface area (Å²) in [4.78, 5) is 26.0. The van der Waals surface area contributed by atoms with Gasteiger partial charge in [0.2, 0.25) is 5.91 Å². The molecule has 0 saturated heterocycles. The zero-order valence-corrected chi connectivity index (χ0v) is 16.7. The van der Waals surface area contributed by atoms with Gasteiger partial charge in [-0.25, -0.2) is 0 Å². The largest absolute Gasteiger partial charge is 0.325 e. The van der Waals surface area contributed by atoms with Crippen molar-refractivity contribution in [3.8, 4) is 0 Å². The molecule has 0 aromatic heterocycles. The summed E-state index contributed by atoms with van der Waals surface area (Å²) in [5.74, 6) is 0.00581. The highest BCUT2D eigenvalue weighted by molar-refractivity contribution is 8.00. The maximum absolute atomic E-state index is 12.6. The van der Waals surface area contributed by atoms with Crippen LogP contribution in [-0.2, 0) is 4.79 Å². The number of benzene rings is 3. The summed E-state index contributed by atoms with van der Waals surface area (Å²) < 4.78 is 0. The van der Waals surface area contributed by atoms with Gasteiger partial charge in [-0.3, -0.25) is 9.59 Å². The second-order valence-electron chi connectivity index (χ2n) is 6.45. The number of aryl methyl sites for hydroxylation is 1. The Morgan fingerprint density at radius 2 is 1.54 bits per heavy atom. The third-order valence-electron chi connectivity index (χ3n) is 4.28. The van der Waals surface area contributed by atoms with Gasteiger partial charge in [-0.15, -0.1) is 11.8 Å². The Morgan fingerprint density at radius 1 is 0.821 bits per heavy atom. The monoisotopic (exact) mass is 390 g/mol. The van der Waals surface area contributed by atoms with Crippen LogP contribution in [0.4, 0.5) is 11.4 Å². The van der Waals surface area contributed by atoms with Gasteiger partial charge < -0.3 is 10.6 Å². The van der Waals surface area contributed by atoms with Gasteiger partial charge in [0, 0.05) is 21.8 Å². The van der Waals surface area contributed by atoms with Gasteiger partial charge in [-0.2, -0.15) is 0 Å². The molecule has 3 aromatic carbocycles. The number of amides is 2. The second kappa shape index (κ2) is 9.24. The van der Waals surface area contributed by atoms with E-state index < -0.39 is 0 Å². The Morgan fingerprint density at radius 3 is 2.25 bits per heavy atom. The van der Waals surface area contributed by atoms with Crippen molar-refractivity contribution in [3.05, 3.63) is 89.5 Å². The fourth-order valence-corrected chi connectivity index (χ4v) is 3.41. The van der Waals surface area contributed by atoms with Gasteiger partial charge in [0.25, 0.3) is 5.91 Å². The summed E-state index contributed by atoms with van der Waals surface area (Å²) in [6.45, 7) is 3.87. The lowest BCUT2D eigenvalue weighted by Crippen LogP contribution is -2.18. The highest BCUT2D eigenvalue weighted by atomic mass is 32.2. The van der Waals surface area contributed by atoms with E-state index in [0.717, 1.165) is 16.1 Å². The number of para-hydroxylation sites is 1. The van der Waals surface area contributed by atoms with Crippen LogP contribution in [0.5, 0.6) is 0 Å². The SMILES string of the molecule is Cc1ccc(SCC(=O)Nc2cccc(C(=O)Nc3ccccc3)c2C)cc1. The maximum atomic E-state index is 12.6. The first-order valence-electron chi connectivity index (χ1n) is 8.98. The smallest absolute Gasteiger partial charge is 0.256 e. The van der Waals surface area contributed by atoms with Crippen LogP contribution in [0.2, 0.25) is 0 Å². The topological polar surface area (TPSA) is 58.2 Å². The molecule has 0 unspecified atom stereocenters. The van der Waals surface area contributed by atoms with E-state index in [0.29, 0.717) is 17.0 Å². The second-order valence-corrected chi connectivity index (χ2v) is 7.50. The molecule has 0 aliphatic rings. The zero-order valence-electron chi connectivity index (χ0n) is 15.9. The Kier molecular flexibility index (Phi) is 6.50. The number of nitrogens with one attached hydrogen (secondary N) is 2. The molecule has 0 fully saturated rings. The van der Waals surface area contributed by atoms with Crippen molar-refractivity contribution in [1.29, 1.82) is 0 Å². The minimum Gasteiger partial charge on any atom is -0.325 e. The number of hydrogen-bond donors (Lipinski definition) is 2. The number of carbonyl (C=O) groups is 2. The van der Waals surface area contributed by atoms with Crippen LogP contribution in [0.3, 0.4) is 0 Å². The lowest BCUT2D eigenvalue weighted by atomic mass is 10.1. The quantitative estimate of drug-likeness (QED) is 0.563. The molecule has 3 aromatic rings. The average Bonchev–Trinajstić information content (AvgIpc) is 2.70. The molecule has 4 nitrogen and oxygen atoms in total. The summed E-state index contributed by atoms with van der Waals surface area (Å²) in [7, 11) is 0. The number of thioether (sulfide) groups is 1. The van der Waals surface area contributed by atoms with Crippen LogP contribution in [-0.4, -0.2) is 17.6 Å². The van der Waals surface area contributed by atoms with E-state index in [1.165, 1.54) is 17.3 Å². The summed E-state index contributed by atoms with van der Waals surface area (Å²) in [5.41, 5.74) is 3.85. The van der Waals surface area contributed by atoms with E-state index in [1.54, 1.807) is 12.1 Å². The predicted octanol–water partition coefficient (Wildman–Crippen LogP) is 5.29. The number of rotatable bonds is 6. The van der Waals surface area contributed by atoms with Gasteiger partial charge in [0.05, 0.1) is 5.75 Å². The highest BCUT2D eigenvalue weighted by Crippen LogP contribution is 2.22. The Bertz CT molecular complexity index is 970. The standard InChI is InChI=1S/C23H22N2O2S/c1-16-11-13-19(14-12-16)28-15-22(26)25-21-10-6-9-20(17(21)2)23(27)24-18-7-4-3-5-8-18/h3-14H,15H2,1-2H3,(H,24,27)(H,25,26). The van der Waals surface area contributed by atoms with Crippen molar-refractivity contribution in [2.45, 2.75) is 18.7 Å². The Balaban J connectivity index is 1.64. The van der Waals surface area contributed by atoms with Crippen LogP contribution in [0.25, 0.3) is 0 Å². The number of anilines is 2. The summed E-state index contributed by atoms with van der Waals surface area (Å²) in [5, 5.41) is 5.79. The average molecular weight is 391 g/mol. The van der Waals surface area contributed by atoms with E-state index in [4.69, 9.17) is 0 Å². The Hall–Kier alpha value is -3.05. The van der Waals surface area contributed by atoms with Crippen molar-refractivity contribution in [2.24, 2.45) is 0 Å². The minimum absolute atomic E-state index is 0.103. The molecule has 0 bridgehead atoms. The first kappa shape index (κ1) is 19.7. The first-order chi connectivity index (χ1) is 13.5. The fourth-order valence-electron chi connectivity index (χ4n) is 2.71. The molecule has 0 radical (unpaired) electrons. The van der Waals surface area contributed by atoms with Crippen LogP contribution < -0.4 is 10.6 Å². The molecule has 0 spiro atoms. The van der Waals surface area contributed by atoms with Crippen molar-refractivity contribution >= 4 is 35.0 Å². The number of carbonyl (C=O) groups excluding carboxylic acids is 2. The van der Waals surface area contributed by atoms with E-state index in [1.807, 2.05) is 74.5 Å². The summed E-state index contributed by atoms with van der Waals surface area (Å²) in [6.07, 6.45) is 0. The fraction of sp³-hybridized carbons (Fsp3) is 0.130. The molecule has 0 heterocycles. The number of hydrogen-bond acceptors (Lipinski definition) is 3. The highest BCUT2D eigenvalue weighted by Gasteiger charge is 2.13.